The summed E-state index contributed by atoms with van der Waals surface area (Å²) in [5, 5.41) is 6.36. The van der Waals surface area contributed by atoms with Gasteiger partial charge in [-0.2, -0.15) is 0 Å². The second kappa shape index (κ2) is 9.46. The van der Waals surface area contributed by atoms with E-state index in [9.17, 15) is 9.59 Å². The Hall–Kier alpha value is -4.19. The maximum atomic E-state index is 13.6. The van der Waals surface area contributed by atoms with E-state index < -0.39 is 5.92 Å². The van der Waals surface area contributed by atoms with E-state index in [0.717, 1.165) is 29.1 Å². The van der Waals surface area contributed by atoms with Gasteiger partial charge in [0.25, 0.3) is 5.91 Å². The number of pyridine rings is 1. The Morgan fingerprint density at radius 1 is 1.03 bits per heavy atom. The number of rotatable bonds is 5. The number of hydrogen-bond donors (Lipinski definition) is 2. The van der Waals surface area contributed by atoms with Gasteiger partial charge in [-0.15, -0.1) is 0 Å². The third-order valence-electron chi connectivity index (χ3n) is 6.57. The normalized spacial score (nSPS) is 18.9. The van der Waals surface area contributed by atoms with Gasteiger partial charge in [0.05, 0.1) is 11.9 Å². The van der Waals surface area contributed by atoms with E-state index in [2.05, 4.69) is 29.5 Å². The fourth-order valence-electron chi connectivity index (χ4n) is 5.09. The first kappa shape index (κ1) is 23.5. The standard InChI is InChI=1S/C30H29N3O3/c1-19-26(29(35)33-21-10-8-14-31-18-21)27(28-24(32-19)16-30(2,3)17-25(28)34)20-9-7-13-23(15-20)36-22-11-5-4-6-12-22/h4-15,18,27,32H,16-17H2,1-3H3,(H,33,35). The highest BCUT2D eigenvalue weighted by Crippen LogP contribution is 2.47. The molecule has 1 unspecified atom stereocenters. The number of allylic oxidation sites excluding steroid dienone is 3. The van der Waals surface area contributed by atoms with E-state index in [4.69, 9.17) is 4.74 Å². The van der Waals surface area contributed by atoms with Crippen LogP contribution in [0.1, 0.15) is 45.1 Å². The third kappa shape index (κ3) is 4.80. The van der Waals surface area contributed by atoms with Crippen molar-refractivity contribution >= 4 is 17.4 Å². The topological polar surface area (TPSA) is 80.3 Å². The average molecular weight is 480 g/mol. The number of nitrogens with zero attached hydrogens (tertiary/aromatic N) is 1. The summed E-state index contributed by atoms with van der Waals surface area (Å²) in [5.41, 5.74) is 4.09. The van der Waals surface area contributed by atoms with Crippen LogP contribution in [0.25, 0.3) is 0 Å². The molecule has 0 radical (unpaired) electrons. The van der Waals surface area contributed by atoms with Gasteiger partial charge < -0.3 is 15.4 Å². The first-order valence-electron chi connectivity index (χ1n) is 12.1. The Morgan fingerprint density at radius 3 is 2.56 bits per heavy atom. The zero-order valence-electron chi connectivity index (χ0n) is 20.7. The summed E-state index contributed by atoms with van der Waals surface area (Å²) in [6, 6.07) is 20.8. The smallest absolute Gasteiger partial charge is 0.254 e. The Labute approximate surface area is 211 Å². The lowest BCUT2D eigenvalue weighted by atomic mass is 9.68. The van der Waals surface area contributed by atoms with Crippen molar-refractivity contribution in [3.63, 3.8) is 0 Å². The fourth-order valence-corrected chi connectivity index (χ4v) is 5.09. The molecule has 1 aliphatic carbocycles. The van der Waals surface area contributed by atoms with Crippen LogP contribution in [-0.2, 0) is 9.59 Å². The lowest BCUT2D eigenvalue weighted by Crippen LogP contribution is -2.39. The molecule has 0 fully saturated rings. The molecule has 2 heterocycles. The molecule has 0 saturated heterocycles. The maximum absolute atomic E-state index is 13.6. The molecule has 2 N–H and O–H groups in total. The van der Waals surface area contributed by atoms with Gasteiger partial charge in [-0.25, -0.2) is 0 Å². The van der Waals surface area contributed by atoms with Gasteiger partial charge in [0.15, 0.2) is 5.78 Å². The maximum Gasteiger partial charge on any atom is 0.254 e. The fraction of sp³-hybridized carbons (Fsp3) is 0.233. The zero-order valence-corrected chi connectivity index (χ0v) is 20.7. The molecule has 1 amide bonds. The van der Waals surface area contributed by atoms with Crippen LogP contribution in [0.2, 0.25) is 0 Å². The molecule has 6 nitrogen and oxygen atoms in total. The second-order valence-corrected chi connectivity index (χ2v) is 10.1. The van der Waals surface area contributed by atoms with Crippen LogP contribution in [0.4, 0.5) is 5.69 Å². The van der Waals surface area contributed by atoms with Crippen LogP contribution in [0.3, 0.4) is 0 Å². The average Bonchev–Trinajstić information content (AvgIpc) is 2.83. The molecule has 0 bridgehead atoms. The number of dihydropyridines is 1. The minimum absolute atomic E-state index is 0.0623. The van der Waals surface area contributed by atoms with E-state index in [1.807, 2.05) is 61.5 Å². The number of benzene rings is 2. The van der Waals surface area contributed by atoms with E-state index in [0.29, 0.717) is 29.0 Å². The first-order valence-corrected chi connectivity index (χ1v) is 12.1. The summed E-state index contributed by atoms with van der Waals surface area (Å²) < 4.78 is 6.08. The van der Waals surface area contributed by atoms with Gasteiger partial charge in [0.2, 0.25) is 0 Å². The number of ketones is 1. The van der Waals surface area contributed by atoms with Crippen molar-refractivity contribution in [3.8, 4) is 11.5 Å². The number of ether oxygens (including phenoxy) is 1. The molecule has 6 heteroatoms. The zero-order chi connectivity index (χ0) is 25.3. The van der Waals surface area contributed by atoms with Crippen molar-refractivity contribution in [1.82, 2.24) is 10.3 Å². The Morgan fingerprint density at radius 2 is 1.81 bits per heavy atom. The molecule has 2 aliphatic rings. The Bertz CT molecular complexity index is 1370. The predicted molar refractivity (Wildman–Crippen MR) is 139 cm³/mol. The molecule has 5 rings (SSSR count). The summed E-state index contributed by atoms with van der Waals surface area (Å²) in [4.78, 5) is 31.3. The van der Waals surface area contributed by atoms with Crippen molar-refractivity contribution in [3.05, 3.63) is 107 Å². The van der Waals surface area contributed by atoms with Crippen molar-refractivity contribution < 1.29 is 14.3 Å². The number of aromatic nitrogens is 1. The minimum Gasteiger partial charge on any atom is -0.457 e. The molecule has 0 spiro atoms. The lowest BCUT2D eigenvalue weighted by Gasteiger charge is -2.39. The summed E-state index contributed by atoms with van der Waals surface area (Å²) in [6.07, 6.45) is 4.43. The number of hydrogen-bond acceptors (Lipinski definition) is 5. The molecule has 36 heavy (non-hydrogen) atoms. The molecule has 1 aliphatic heterocycles. The largest absolute Gasteiger partial charge is 0.457 e. The number of para-hydroxylation sites is 1. The van der Waals surface area contributed by atoms with Crippen LogP contribution < -0.4 is 15.4 Å². The van der Waals surface area contributed by atoms with Crippen LogP contribution in [0.5, 0.6) is 11.5 Å². The number of carbonyl (C=O) groups excluding carboxylic acids is 2. The Balaban J connectivity index is 1.58. The summed E-state index contributed by atoms with van der Waals surface area (Å²) in [6.45, 7) is 6.10. The quantitative estimate of drug-likeness (QED) is 0.461. The molecule has 1 aromatic heterocycles. The highest BCUT2D eigenvalue weighted by Gasteiger charge is 2.42. The number of amides is 1. The molecular formula is C30H29N3O3. The highest BCUT2D eigenvalue weighted by atomic mass is 16.5. The van der Waals surface area contributed by atoms with Gasteiger partial charge in [-0.3, -0.25) is 14.6 Å². The Kier molecular flexibility index (Phi) is 6.18. The van der Waals surface area contributed by atoms with E-state index in [-0.39, 0.29) is 17.1 Å². The third-order valence-corrected chi connectivity index (χ3v) is 6.57. The van der Waals surface area contributed by atoms with Crippen molar-refractivity contribution in [2.75, 3.05) is 5.32 Å². The highest BCUT2D eigenvalue weighted by molar-refractivity contribution is 6.09. The van der Waals surface area contributed by atoms with Gasteiger partial charge >= 0.3 is 0 Å². The number of carbonyl (C=O) groups is 2. The lowest BCUT2D eigenvalue weighted by molar-refractivity contribution is -0.118. The van der Waals surface area contributed by atoms with E-state index >= 15 is 0 Å². The van der Waals surface area contributed by atoms with Crippen LogP contribution in [-0.4, -0.2) is 16.7 Å². The second-order valence-electron chi connectivity index (χ2n) is 10.1. The predicted octanol–water partition coefficient (Wildman–Crippen LogP) is 6.12. The van der Waals surface area contributed by atoms with Crippen molar-refractivity contribution in [2.24, 2.45) is 5.41 Å². The van der Waals surface area contributed by atoms with Crippen molar-refractivity contribution in [2.45, 2.75) is 39.5 Å². The molecule has 182 valence electrons. The minimum atomic E-state index is -0.513. The molecule has 3 aromatic rings. The monoisotopic (exact) mass is 479 g/mol. The van der Waals surface area contributed by atoms with Crippen LogP contribution in [0.15, 0.2) is 102 Å². The molecular weight excluding hydrogens is 450 g/mol. The molecule has 1 atom stereocenters. The molecule has 0 saturated carbocycles. The van der Waals surface area contributed by atoms with Gasteiger partial charge in [0, 0.05) is 41.1 Å². The molecule has 2 aromatic carbocycles. The van der Waals surface area contributed by atoms with Gasteiger partial charge in [-0.05, 0) is 60.7 Å². The number of anilines is 1. The van der Waals surface area contributed by atoms with Crippen molar-refractivity contribution in [1.29, 1.82) is 0 Å². The van der Waals surface area contributed by atoms with E-state index in [1.165, 1.54) is 0 Å². The number of Topliss-reactive ketones (excluding diaryl/α,β-unsaturated/α-hetero) is 1. The summed E-state index contributed by atoms with van der Waals surface area (Å²) in [7, 11) is 0. The summed E-state index contributed by atoms with van der Waals surface area (Å²) >= 11 is 0. The summed E-state index contributed by atoms with van der Waals surface area (Å²) in [5.74, 6) is 0.647. The number of nitrogens with one attached hydrogen (secondary N) is 2. The van der Waals surface area contributed by atoms with Gasteiger partial charge in [-0.1, -0.05) is 44.2 Å². The van der Waals surface area contributed by atoms with E-state index in [1.54, 1.807) is 24.5 Å². The van der Waals surface area contributed by atoms with Crippen LogP contribution >= 0.6 is 0 Å². The first-order chi connectivity index (χ1) is 17.3. The van der Waals surface area contributed by atoms with Gasteiger partial charge in [0.1, 0.15) is 11.5 Å². The van der Waals surface area contributed by atoms with Crippen LogP contribution in [0, 0.1) is 5.41 Å². The SMILES string of the molecule is CC1=C(C(=O)Nc2cccnc2)C(c2cccc(Oc3ccccc3)c2)C2=C(CC(C)(C)CC2=O)N1.